The van der Waals surface area contributed by atoms with Crippen molar-refractivity contribution in [1.82, 2.24) is 4.57 Å². The molecule has 1 rings (SSSR count). The SMILES string of the molecule is CCCCCCCCCCCCCCCCCc1n(CCCCCCCCC)cc[n+]1CCCCCCCCCCCCCCCCC. The first kappa shape index (κ1) is 45.2. The molecule has 2 nitrogen and oxygen atoms in total. The summed E-state index contributed by atoms with van der Waals surface area (Å²) in [5.41, 5.74) is 0. The first-order valence-electron chi connectivity index (χ1n) is 22.9. The highest BCUT2D eigenvalue weighted by atomic mass is 15.1. The molecule has 0 aliphatic rings. The molecule has 0 amide bonds. The van der Waals surface area contributed by atoms with Gasteiger partial charge in [-0.05, 0) is 32.1 Å². The van der Waals surface area contributed by atoms with E-state index in [-0.39, 0.29) is 0 Å². The highest BCUT2D eigenvalue weighted by Crippen LogP contribution is 2.16. The molecule has 48 heavy (non-hydrogen) atoms. The highest BCUT2D eigenvalue weighted by Gasteiger charge is 2.16. The van der Waals surface area contributed by atoms with Crippen LogP contribution in [0.3, 0.4) is 0 Å². The van der Waals surface area contributed by atoms with E-state index in [1.165, 1.54) is 257 Å². The predicted octanol–water partition coefficient (Wildman–Crippen LogP) is 15.8. The molecule has 0 aliphatic heterocycles. The Bertz CT molecular complexity index is 736. The van der Waals surface area contributed by atoms with Gasteiger partial charge in [-0.1, -0.05) is 226 Å². The van der Waals surface area contributed by atoms with E-state index in [2.05, 4.69) is 42.3 Å². The summed E-state index contributed by atoms with van der Waals surface area (Å²) in [5.74, 6) is 1.63. The molecule has 0 N–H and O–H groups in total. The van der Waals surface area contributed by atoms with Crippen LogP contribution in [0, 0.1) is 0 Å². The Morgan fingerprint density at radius 3 is 1.00 bits per heavy atom. The average molecular weight is 672 g/mol. The van der Waals surface area contributed by atoms with Crippen molar-refractivity contribution in [3.05, 3.63) is 18.2 Å². The third-order valence-electron chi connectivity index (χ3n) is 11.1. The second kappa shape index (κ2) is 37.5. The molecule has 2 heteroatoms. The maximum atomic E-state index is 2.65. The van der Waals surface area contributed by atoms with Gasteiger partial charge in [-0.15, -0.1) is 0 Å². The van der Waals surface area contributed by atoms with Crippen LogP contribution in [0.5, 0.6) is 0 Å². The van der Waals surface area contributed by atoms with Gasteiger partial charge in [0.15, 0.2) is 0 Å². The Balaban J connectivity index is 2.21. The number of rotatable bonds is 40. The maximum Gasteiger partial charge on any atom is 0.256 e. The molecule has 0 spiro atoms. The second-order valence-electron chi connectivity index (χ2n) is 15.9. The Morgan fingerprint density at radius 1 is 0.354 bits per heavy atom. The van der Waals surface area contributed by atoms with Crippen molar-refractivity contribution in [2.24, 2.45) is 0 Å². The van der Waals surface area contributed by atoms with Gasteiger partial charge in [0.25, 0.3) is 5.82 Å². The number of hydrogen-bond donors (Lipinski definition) is 0. The monoisotopic (exact) mass is 672 g/mol. The number of nitrogens with zero attached hydrogens (tertiary/aromatic N) is 2. The average Bonchev–Trinajstić information content (AvgIpc) is 3.48. The molecule has 0 radical (unpaired) electrons. The summed E-state index contributed by atoms with van der Waals surface area (Å²) in [7, 11) is 0. The summed E-state index contributed by atoms with van der Waals surface area (Å²) >= 11 is 0. The van der Waals surface area contributed by atoms with Crippen molar-refractivity contribution in [2.75, 3.05) is 0 Å². The largest absolute Gasteiger partial charge is 0.256 e. The zero-order valence-electron chi connectivity index (χ0n) is 33.8. The van der Waals surface area contributed by atoms with E-state index >= 15 is 0 Å². The minimum atomic E-state index is 1.23. The molecule has 0 saturated heterocycles. The van der Waals surface area contributed by atoms with Crippen LogP contribution in [0.15, 0.2) is 12.4 Å². The topological polar surface area (TPSA) is 8.81 Å². The van der Waals surface area contributed by atoms with E-state index in [1.54, 1.807) is 5.82 Å². The molecule has 0 aliphatic carbocycles. The van der Waals surface area contributed by atoms with Gasteiger partial charge in [-0.3, -0.25) is 0 Å². The minimum absolute atomic E-state index is 1.23. The molecular formula is C46H91N2+. The first-order chi connectivity index (χ1) is 23.8. The van der Waals surface area contributed by atoms with Crippen molar-refractivity contribution in [3.63, 3.8) is 0 Å². The van der Waals surface area contributed by atoms with Crippen molar-refractivity contribution < 1.29 is 4.57 Å². The van der Waals surface area contributed by atoms with Crippen LogP contribution in [-0.4, -0.2) is 4.57 Å². The fourth-order valence-corrected chi connectivity index (χ4v) is 7.74. The molecule has 284 valence electrons. The lowest BCUT2D eigenvalue weighted by molar-refractivity contribution is -0.704. The molecule has 0 aromatic carbocycles. The van der Waals surface area contributed by atoms with Crippen LogP contribution in [0.1, 0.15) is 264 Å². The third-order valence-corrected chi connectivity index (χ3v) is 11.1. The van der Waals surface area contributed by atoms with E-state index < -0.39 is 0 Å². The first-order valence-corrected chi connectivity index (χ1v) is 22.9. The Hall–Kier alpha value is -0.790. The van der Waals surface area contributed by atoms with E-state index in [0.717, 1.165) is 0 Å². The third kappa shape index (κ3) is 29.0. The van der Waals surface area contributed by atoms with Crippen molar-refractivity contribution in [2.45, 2.75) is 278 Å². The van der Waals surface area contributed by atoms with E-state index in [9.17, 15) is 0 Å². The number of hydrogen-bond acceptors (Lipinski definition) is 0. The lowest BCUT2D eigenvalue weighted by Crippen LogP contribution is -2.37. The summed E-state index contributed by atoms with van der Waals surface area (Å²) in [5, 5.41) is 0. The van der Waals surface area contributed by atoms with Gasteiger partial charge in [0, 0.05) is 6.42 Å². The highest BCUT2D eigenvalue weighted by molar-refractivity contribution is 4.84. The number of unbranched alkanes of at least 4 members (excludes halogenated alkanes) is 34. The van der Waals surface area contributed by atoms with E-state index in [0.29, 0.717) is 0 Å². The molecule has 0 saturated carbocycles. The molecule has 1 aromatic heterocycles. The molecule has 1 heterocycles. The number of imidazole rings is 1. The van der Waals surface area contributed by atoms with Gasteiger partial charge in [0.1, 0.15) is 12.4 Å². The molecule has 0 fully saturated rings. The van der Waals surface area contributed by atoms with Gasteiger partial charge < -0.3 is 0 Å². The van der Waals surface area contributed by atoms with Crippen molar-refractivity contribution in [1.29, 1.82) is 0 Å². The summed E-state index contributed by atoms with van der Waals surface area (Å²) in [6, 6.07) is 0. The summed E-state index contributed by atoms with van der Waals surface area (Å²) < 4.78 is 5.29. The quantitative estimate of drug-likeness (QED) is 0.0485. The van der Waals surface area contributed by atoms with Crippen molar-refractivity contribution >= 4 is 0 Å². The smallest absolute Gasteiger partial charge is 0.234 e. The zero-order valence-corrected chi connectivity index (χ0v) is 33.8. The fourth-order valence-electron chi connectivity index (χ4n) is 7.74. The summed E-state index contributed by atoms with van der Waals surface area (Å²) in [6.07, 6.45) is 59.3. The Kier molecular flexibility index (Phi) is 35.3. The molecule has 0 atom stereocenters. The van der Waals surface area contributed by atoms with Crippen LogP contribution in [0.2, 0.25) is 0 Å². The predicted molar refractivity (Wildman–Crippen MR) is 216 cm³/mol. The van der Waals surface area contributed by atoms with Crippen LogP contribution >= 0.6 is 0 Å². The minimum Gasteiger partial charge on any atom is -0.234 e. The van der Waals surface area contributed by atoms with Gasteiger partial charge in [-0.25, -0.2) is 9.13 Å². The Labute approximate surface area is 304 Å². The molecule has 1 aromatic rings. The van der Waals surface area contributed by atoms with E-state index in [4.69, 9.17) is 0 Å². The van der Waals surface area contributed by atoms with Crippen LogP contribution in [-0.2, 0) is 19.5 Å². The standard InChI is InChI=1S/C46H91N2/c1-4-7-10-13-16-18-20-22-24-26-28-30-32-35-38-41-46-47(42-39-36-33-15-12-9-6-3)44-45-48(46)43-40-37-34-31-29-27-25-23-21-19-17-14-11-8-5-2/h44-45H,4-43H2,1-3H3/q+1. The van der Waals surface area contributed by atoms with Gasteiger partial charge in [0.2, 0.25) is 0 Å². The summed E-state index contributed by atoms with van der Waals surface area (Å²) in [6.45, 7) is 9.41. The number of aryl methyl sites for hydroxylation is 2. The number of aromatic nitrogens is 2. The molecule has 0 bridgehead atoms. The van der Waals surface area contributed by atoms with Crippen LogP contribution < -0.4 is 4.57 Å². The Morgan fingerprint density at radius 2 is 0.646 bits per heavy atom. The maximum absolute atomic E-state index is 2.65. The van der Waals surface area contributed by atoms with E-state index in [1.807, 2.05) is 0 Å². The fraction of sp³-hybridized carbons (Fsp3) is 0.935. The lowest BCUT2D eigenvalue weighted by atomic mass is 10.0. The normalized spacial score (nSPS) is 11.6. The van der Waals surface area contributed by atoms with Crippen LogP contribution in [0.4, 0.5) is 0 Å². The molecule has 0 unspecified atom stereocenters. The lowest BCUT2D eigenvalue weighted by Gasteiger charge is -2.07. The molecular weight excluding hydrogens is 581 g/mol. The summed E-state index contributed by atoms with van der Waals surface area (Å²) in [4.78, 5) is 0. The van der Waals surface area contributed by atoms with Gasteiger partial charge >= 0.3 is 0 Å². The second-order valence-corrected chi connectivity index (χ2v) is 15.9. The van der Waals surface area contributed by atoms with Crippen molar-refractivity contribution in [3.8, 4) is 0 Å². The van der Waals surface area contributed by atoms with Gasteiger partial charge in [-0.2, -0.15) is 0 Å². The zero-order chi connectivity index (χ0) is 34.4. The van der Waals surface area contributed by atoms with Crippen LogP contribution in [0.25, 0.3) is 0 Å². The van der Waals surface area contributed by atoms with Gasteiger partial charge in [0.05, 0.1) is 13.1 Å².